The van der Waals surface area contributed by atoms with Gasteiger partial charge in [0.15, 0.2) is 0 Å². The maximum atomic E-state index is 12.4. The number of hydrogen-bond acceptors (Lipinski definition) is 5. The smallest absolute Gasteiger partial charge is 0.244 e. The van der Waals surface area contributed by atoms with Gasteiger partial charge in [-0.3, -0.25) is 4.79 Å². The molecule has 0 heterocycles. The van der Waals surface area contributed by atoms with Crippen molar-refractivity contribution in [2.45, 2.75) is 49.6 Å². The van der Waals surface area contributed by atoms with Gasteiger partial charge in [0.25, 0.3) is 0 Å². The first-order valence-electron chi connectivity index (χ1n) is 7.64. The van der Waals surface area contributed by atoms with Gasteiger partial charge in [0.05, 0.1) is 13.2 Å². The molecule has 1 saturated carbocycles. The van der Waals surface area contributed by atoms with Gasteiger partial charge in [-0.25, -0.2) is 13.1 Å². The largest absolute Gasteiger partial charge is 0.495 e. The number of nitrogens with one attached hydrogen (secondary N) is 2. The molecule has 0 aliphatic heterocycles. The number of anilines is 1. The second-order valence-electron chi connectivity index (χ2n) is 5.65. The number of nitrogens with two attached hydrogens (primary N) is 1. The van der Waals surface area contributed by atoms with E-state index in [2.05, 4.69) is 10.0 Å². The molecule has 0 saturated heterocycles. The number of amides is 1. The van der Waals surface area contributed by atoms with E-state index in [0.29, 0.717) is 12.1 Å². The topological polar surface area (TPSA) is 111 Å². The van der Waals surface area contributed by atoms with Gasteiger partial charge in [-0.05, 0) is 37.5 Å². The Kier molecular flexibility index (Phi) is 5.61. The number of ether oxygens (including phenoxy) is 1. The molecule has 7 nitrogen and oxygen atoms in total. The Morgan fingerprint density at radius 3 is 2.70 bits per heavy atom. The summed E-state index contributed by atoms with van der Waals surface area (Å²) in [5, 5.41) is 2.65. The van der Waals surface area contributed by atoms with Gasteiger partial charge in [0.1, 0.15) is 10.6 Å². The van der Waals surface area contributed by atoms with Crippen molar-refractivity contribution in [3.05, 3.63) is 18.2 Å². The number of methoxy groups -OCH3 is 1. The van der Waals surface area contributed by atoms with Crippen LogP contribution in [0.3, 0.4) is 0 Å². The van der Waals surface area contributed by atoms with Crippen molar-refractivity contribution in [2.24, 2.45) is 5.73 Å². The number of rotatable bonds is 8. The number of sulfonamides is 1. The molecule has 1 amide bonds. The van der Waals surface area contributed by atoms with E-state index in [0.717, 1.165) is 19.3 Å². The molecule has 4 N–H and O–H groups in total. The van der Waals surface area contributed by atoms with Gasteiger partial charge in [-0.1, -0.05) is 13.3 Å². The Morgan fingerprint density at radius 1 is 1.43 bits per heavy atom. The number of carbonyl (C=O) groups excluding carboxylic acids is 1. The summed E-state index contributed by atoms with van der Waals surface area (Å²) in [7, 11) is -2.28. The van der Waals surface area contributed by atoms with E-state index in [4.69, 9.17) is 10.5 Å². The highest BCUT2D eigenvalue weighted by molar-refractivity contribution is 7.89. The van der Waals surface area contributed by atoms with Crippen molar-refractivity contribution in [2.75, 3.05) is 12.4 Å². The molecule has 1 aliphatic carbocycles. The third-order valence-corrected chi connectivity index (χ3v) is 5.10. The number of carbonyl (C=O) groups is 1. The van der Waals surface area contributed by atoms with Crippen LogP contribution in [-0.4, -0.2) is 33.5 Å². The fourth-order valence-electron chi connectivity index (χ4n) is 2.13. The number of hydrogen-bond donors (Lipinski definition) is 3. The lowest BCUT2D eigenvalue weighted by Crippen LogP contribution is -2.35. The third kappa shape index (κ3) is 4.66. The van der Waals surface area contributed by atoms with Gasteiger partial charge in [0.2, 0.25) is 15.9 Å². The average Bonchev–Trinajstić information content (AvgIpc) is 3.30. The van der Waals surface area contributed by atoms with Crippen LogP contribution >= 0.6 is 0 Å². The minimum Gasteiger partial charge on any atom is -0.495 e. The fourth-order valence-corrected chi connectivity index (χ4v) is 3.63. The standard InChI is InChI=1S/C15H23N3O4S/c1-3-4-12(16)15(19)17-11-7-8-13(22-2)14(9-11)23(20,21)18-10-5-6-10/h7-10,12,18H,3-6,16H2,1-2H3,(H,17,19). The van der Waals surface area contributed by atoms with Crippen LogP contribution in [0.4, 0.5) is 5.69 Å². The van der Waals surface area contributed by atoms with Crippen molar-refractivity contribution >= 4 is 21.6 Å². The molecule has 0 radical (unpaired) electrons. The highest BCUT2D eigenvalue weighted by atomic mass is 32.2. The summed E-state index contributed by atoms with van der Waals surface area (Å²) in [6.07, 6.45) is 3.03. The first kappa shape index (κ1) is 17.7. The zero-order valence-corrected chi connectivity index (χ0v) is 14.2. The van der Waals surface area contributed by atoms with Gasteiger partial charge >= 0.3 is 0 Å². The van der Waals surface area contributed by atoms with Crippen molar-refractivity contribution in [1.82, 2.24) is 4.72 Å². The normalized spacial score (nSPS) is 16.0. The first-order chi connectivity index (χ1) is 10.9. The Bertz CT molecular complexity index is 671. The summed E-state index contributed by atoms with van der Waals surface area (Å²) < 4.78 is 32.5. The van der Waals surface area contributed by atoms with Crippen LogP contribution in [0, 0.1) is 0 Å². The molecule has 8 heteroatoms. The quantitative estimate of drug-likeness (QED) is 0.658. The van der Waals surface area contributed by atoms with Gasteiger partial charge < -0.3 is 15.8 Å². The summed E-state index contributed by atoms with van der Waals surface area (Å²) in [5.41, 5.74) is 6.14. The zero-order chi connectivity index (χ0) is 17.0. The molecule has 0 aromatic heterocycles. The molecule has 0 spiro atoms. The van der Waals surface area contributed by atoms with Crippen LogP contribution in [-0.2, 0) is 14.8 Å². The predicted molar refractivity (Wildman–Crippen MR) is 87.9 cm³/mol. The molecule has 1 fully saturated rings. The van der Waals surface area contributed by atoms with Crippen LogP contribution in [0.5, 0.6) is 5.75 Å². The lowest BCUT2D eigenvalue weighted by Gasteiger charge is -2.14. The van der Waals surface area contributed by atoms with E-state index in [9.17, 15) is 13.2 Å². The number of benzene rings is 1. The average molecular weight is 341 g/mol. The monoisotopic (exact) mass is 341 g/mol. The lowest BCUT2D eigenvalue weighted by atomic mass is 10.1. The first-order valence-corrected chi connectivity index (χ1v) is 9.12. The Morgan fingerprint density at radius 2 is 2.13 bits per heavy atom. The van der Waals surface area contributed by atoms with E-state index in [1.54, 1.807) is 6.07 Å². The second-order valence-corrected chi connectivity index (χ2v) is 7.33. The van der Waals surface area contributed by atoms with E-state index in [1.807, 2.05) is 6.92 Å². The van der Waals surface area contributed by atoms with Crippen LogP contribution < -0.4 is 20.5 Å². The fraction of sp³-hybridized carbons (Fsp3) is 0.533. The molecular formula is C15H23N3O4S. The van der Waals surface area contributed by atoms with E-state index in [-0.39, 0.29) is 22.6 Å². The highest BCUT2D eigenvalue weighted by Crippen LogP contribution is 2.29. The molecule has 1 unspecified atom stereocenters. The van der Waals surface area contributed by atoms with Crippen LogP contribution in [0.1, 0.15) is 32.6 Å². The molecule has 0 bridgehead atoms. The molecule has 1 aromatic carbocycles. The molecule has 2 rings (SSSR count). The Balaban J connectivity index is 2.22. The summed E-state index contributed by atoms with van der Waals surface area (Å²) in [6.45, 7) is 1.94. The van der Waals surface area contributed by atoms with Crippen molar-refractivity contribution < 1.29 is 17.9 Å². The summed E-state index contributed by atoms with van der Waals surface area (Å²) in [5.74, 6) is -0.107. The maximum absolute atomic E-state index is 12.4. The molecule has 1 atom stereocenters. The minimum absolute atomic E-state index is 0.00811. The summed E-state index contributed by atoms with van der Waals surface area (Å²) in [4.78, 5) is 12.0. The minimum atomic E-state index is -3.69. The molecule has 1 aromatic rings. The van der Waals surface area contributed by atoms with E-state index in [1.165, 1.54) is 19.2 Å². The predicted octanol–water partition coefficient (Wildman–Crippen LogP) is 1.20. The van der Waals surface area contributed by atoms with Crippen LogP contribution in [0.2, 0.25) is 0 Å². The van der Waals surface area contributed by atoms with Crippen LogP contribution in [0.15, 0.2) is 23.1 Å². The lowest BCUT2D eigenvalue weighted by molar-refractivity contribution is -0.117. The van der Waals surface area contributed by atoms with E-state index >= 15 is 0 Å². The Hall–Kier alpha value is -1.64. The van der Waals surface area contributed by atoms with Crippen molar-refractivity contribution in [3.8, 4) is 5.75 Å². The van der Waals surface area contributed by atoms with Crippen LogP contribution in [0.25, 0.3) is 0 Å². The summed E-state index contributed by atoms with van der Waals surface area (Å²) in [6, 6.07) is 3.86. The molecular weight excluding hydrogens is 318 g/mol. The summed E-state index contributed by atoms with van der Waals surface area (Å²) >= 11 is 0. The van der Waals surface area contributed by atoms with E-state index < -0.39 is 16.1 Å². The second kappa shape index (κ2) is 7.29. The van der Waals surface area contributed by atoms with Gasteiger partial charge in [-0.2, -0.15) is 0 Å². The zero-order valence-electron chi connectivity index (χ0n) is 13.3. The van der Waals surface area contributed by atoms with Crippen molar-refractivity contribution in [1.29, 1.82) is 0 Å². The third-order valence-electron chi connectivity index (χ3n) is 3.56. The molecule has 128 valence electrons. The molecule has 23 heavy (non-hydrogen) atoms. The Labute approximate surface area is 136 Å². The SMILES string of the molecule is CCCC(N)C(=O)Nc1ccc(OC)c(S(=O)(=O)NC2CC2)c1. The highest BCUT2D eigenvalue weighted by Gasteiger charge is 2.30. The molecule has 1 aliphatic rings. The van der Waals surface area contributed by atoms with Gasteiger partial charge in [-0.15, -0.1) is 0 Å². The maximum Gasteiger partial charge on any atom is 0.244 e. The van der Waals surface area contributed by atoms with Gasteiger partial charge in [0, 0.05) is 11.7 Å². The van der Waals surface area contributed by atoms with Crippen molar-refractivity contribution in [3.63, 3.8) is 0 Å².